The number of nitrogens with one attached hydrogen (secondary N) is 1. The molecule has 0 aromatic rings. The van der Waals surface area contributed by atoms with Gasteiger partial charge >= 0.3 is 0 Å². The number of hydrogen-bond donors (Lipinski definition) is 2. The molecule has 1 saturated heterocycles. The van der Waals surface area contributed by atoms with E-state index >= 15 is 0 Å². The summed E-state index contributed by atoms with van der Waals surface area (Å²) in [6, 6.07) is 0. The van der Waals surface area contributed by atoms with Crippen LogP contribution in [-0.2, 0) is 4.79 Å². The molecule has 5 heteroatoms. The second kappa shape index (κ2) is 7.12. The SMILES string of the molecule is CCC(C(=O)NCC1CCCCS1)C(N)=S. The number of rotatable bonds is 5. The van der Waals surface area contributed by atoms with Crippen LogP contribution in [0.25, 0.3) is 0 Å². The first kappa shape index (κ1) is 13.8. The van der Waals surface area contributed by atoms with E-state index in [-0.39, 0.29) is 11.8 Å². The van der Waals surface area contributed by atoms with Crippen molar-refractivity contribution in [2.75, 3.05) is 12.3 Å². The van der Waals surface area contributed by atoms with Gasteiger partial charge in [-0.25, -0.2) is 0 Å². The first-order valence-corrected chi connectivity index (χ1v) is 7.29. The Kier molecular flexibility index (Phi) is 6.13. The third-order valence-corrected chi connectivity index (χ3v) is 4.53. The highest BCUT2D eigenvalue weighted by molar-refractivity contribution is 7.99. The molecule has 0 aromatic heterocycles. The van der Waals surface area contributed by atoms with Crippen molar-refractivity contribution in [3.63, 3.8) is 0 Å². The number of carbonyl (C=O) groups is 1. The van der Waals surface area contributed by atoms with Gasteiger partial charge in [0.25, 0.3) is 0 Å². The van der Waals surface area contributed by atoms with Crippen LogP contribution in [0.5, 0.6) is 0 Å². The quantitative estimate of drug-likeness (QED) is 0.739. The van der Waals surface area contributed by atoms with E-state index in [1.165, 1.54) is 25.0 Å². The summed E-state index contributed by atoms with van der Waals surface area (Å²) in [6.45, 7) is 2.68. The zero-order chi connectivity index (χ0) is 12.0. The van der Waals surface area contributed by atoms with E-state index in [0.717, 1.165) is 6.54 Å². The van der Waals surface area contributed by atoms with Crippen LogP contribution < -0.4 is 11.1 Å². The van der Waals surface area contributed by atoms with Gasteiger partial charge in [0.2, 0.25) is 5.91 Å². The van der Waals surface area contributed by atoms with E-state index in [9.17, 15) is 4.79 Å². The number of carbonyl (C=O) groups excluding carboxylic acids is 1. The molecule has 0 radical (unpaired) electrons. The average Bonchev–Trinajstić information content (AvgIpc) is 2.28. The van der Waals surface area contributed by atoms with E-state index in [1.54, 1.807) is 0 Å². The Morgan fingerprint density at radius 1 is 1.62 bits per heavy atom. The topological polar surface area (TPSA) is 55.1 Å². The summed E-state index contributed by atoms with van der Waals surface area (Å²) in [4.78, 5) is 12.1. The van der Waals surface area contributed by atoms with E-state index in [0.29, 0.717) is 16.7 Å². The van der Waals surface area contributed by atoms with Crippen LogP contribution in [0.4, 0.5) is 0 Å². The minimum Gasteiger partial charge on any atom is -0.393 e. The molecule has 1 fully saturated rings. The Hall–Kier alpha value is -0.290. The van der Waals surface area contributed by atoms with E-state index in [2.05, 4.69) is 5.32 Å². The van der Waals surface area contributed by atoms with Gasteiger partial charge in [-0.15, -0.1) is 0 Å². The molecule has 0 saturated carbocycles. The molecule has 1 aliphatic rings. The first-order valence-electron chi connectivity index (χ1n) is 5.83. The van der Waals surface area contributed by atoms with Crippen LogP contribution in [0.15, 0.2) is 0 Å². The molecule has 0 aliphatic carbocycles. The van der Waals surface area contributed by atoms with Gasteiger partial charge in [0.1, 0.15) is 0 Å². The minimum atomic E-state index is -0.302. The lowest BCUT2D eigenvalue weighted by molar-refractivity contribution is -0.123. The fraction of sp³-hybridized carbons (Fsp3) is 0.818. The highest BCUT2D eigenvalue weighted by Crippen LogP contribution is 2.24. The highest BCUT2D eigenvalue weighted by atomic mass is 32.2. The van der Waals surface area contributed by atoms with Gasteiger partial charge in [-0.3, -0.25) is 4.79 Å². The molecule has 1 heterocycles. The van der Waals surface area contributed by atoms with Gasteiger partial charge in [-0.05, 0) is 25.0 Å². The Morgan fingerprint density at radius 3 is 2.88 bits per heavy atom. The molecule has 1 rings (SSSR count). The molecule has 2 unspecified atom stereocenters. The molecule has 1 aliphatic heterocycles. The van der Waals surface area contributed by atoms with Crippen LogP contribution in [0.2, 0.25) is 0 Å². The predicted molar refractivity (Wildman–Crippen MR) is 73.7 cm³/mol. The maximum Gasteiger partial charge on any atom is 0.229 e. The Balaban J connectivity index is 2.30. The second-order valence-electron chi connectivity index (χ2n) is 4.10. The lowest BCUT2D eigenvalue weighted by atomic mass is 10.1. The van der Waals surface area contributed by atoms with Crippen LogP contribution in [0.3, 0.4) is 0 Å². The summed E-state index contributed by atoms with van der Waals surface area (Å²) in [5, 5.41) is 3.53. The van der Waals surface area contributed by atoms with Crippen LogP contribution in [-0.4, -0.2) is 28.4 Å². The standard InChI is InChI=1S/C11H20N2OS2/c1-2-9(10(12)15)11(14)13-7-8-5-3-4-6-16-8/h8-9H,2-7H2,1H3,(H2,12,15)(H,13,14). The number of nitrogens with two attached hydrogens (primary N) is 1. The van der Waals surface area contributed by atoms with E-state index in [1.807, 2.05) is 18.7 Å². The van der Waals surface area contributed by atoms with Gasteiger partial charge in [-0.2, -0.15) is 11.8 Å². The molecule has 16 heavy (non-hydrogen) atoms. The van der Waals surface area contributed by atoms with Crippen molar-refractivity contribution in [3.8, 4) is 0 Å². The van der Waals surface area contributed by atoms with Crippen molar-refractivity contribution in [1.29, 1.82) is 0 Å². The molecule has 0 spiro atoms. The highest BCUT2D eigenvalue weighted by Gasteiger charge is 2.21. The van der Waals surface area contributed by atoms with Crippen LogP contribution in [0, 0.1) is 5.92 Å². The Bertz CT molecular complexity index is 252. The maximum absolute atomic E-state index is 11.8. The fourth-order valence-corrected chi connectivity index (χ4v) is 3.33. The van der Waals surface area contributed by atoms with E-state index < -0.39 is 0 Å². The number of thioether (sulfide) groups is 1. The van der Waals surface area contributed by atoms with Gasteiger partial charge in [0.05, 0.1) is 10.9 Å². The number of thiocarbonyl (C=S) groups is 1. The lowest BCUT2D eigenvalue weighted by Crippen LogP contribution is -2.40. The molecule has 3 N–H and O–H groups in total. The Labute approximate surface area is 107 Å². The van der Waals surface area contributed by atoms with Crippen molar-refractivity contribution in [1.82, 2.24) is 5.32 Å². The molecule has 1 amide bonds. The lowest BCUT2D eigenvalue weighted by Gasteiger charge is -2.22. The third-order valence-electron chi connectivity index (χ3n) is 2.85. The van der Waals surface area contributed by atoms with E-state index in [4.69, 9.17) is 18.0 Å². The van der Waals surface area contributed by atoms with Gasteiger partial charge in [-0.1, -0.05) is 25.6 Å². The monoisotopic (exact) mass is 260 g/mol. The van der Waals surface area contributed by atoms with Crippen LogP contribution >= 0.6 is 24.0 Å². The Morgan fingerprint density at radius 2 is 2.38 bits per heavy atom. The summed E-state index contributed by atoms with van der Waals surface area (Å²) < 4.78 is 0. The summed E-state index contributed by atoms with van der Waals surface area (Å²) >= 11 is 6.83. The normalized spacial score (nSPS) is 22.4. The average molecular weight is 260 g/mol. The van der Waals surface area contributed by atoms with Crippen molar-refractivity contribution in [2.45, 2.75) is 37.9 Å². The summed E-state index contributed by atoms with van der Waals surface area (Å²) in [5.41, 5.74) is 5.52. The molecule has 0 aromatic carbocycles. The smallest absolute Gasteiger partial charge is 0.229 e. The van der Waals surface area contributed by atoms with Crippen molar-refractivity contribution >= 4 is 34.9 Å². The van der Waals surface area contributed by atoms with Crippen molar-refractivity contribution in [3.05, 3.63) is 0 Å². The predicted octanol–water partition coefficient (Wildman–Crippen LogP) is 1.70. The van der Waals surface area contributed by atoms with Crippen molar-refractivity contribution in [2.24, 2.45) is 11.7 Å². The van der Waals surface area contributed by atoms with Crippen molar-refractivity contribution < 1.29 is 4.79 Å². The maximum atomic E-state index is 11.8. The zero-order valence-corrected chi connectivity index (χ0v) is 11.3. The van der Waals surface area contributed by atoms with Gasteiger partial charge in [0, 0.05) is 11.8 Å². The van der Waals surface area contributed by atoms with Crippen LogP contribution in [0.1, 0.15) is 32.6 Å². The van der Waals surface area contributed by atoms with Gasteiger partial charge < -0.3 is 11.1 Å². The third kappa shape index (κ3) is 4.29. The minimum absolute atomic E-state index is 0.0128. The zero-order valence-electron chi connectivity index (χ0n) is 9.70. The summed E-state index contributed by atoms with van der Waals surface area (Å²) in [7, 11) is 0. The summed E-state index contributed by atoms with van der Waals surface area (Å²) in [6.07, 6.45) is 4.47. The number of amides is 1. The molecule has 2 atom stereocenters. The largest absolute Gasteiger partial charge is 0.393 e. The molecular formula is C11H20N2OS2. The molecule has 92 valence electrons. The summed E-state index contributed by atoms with van der Waals surface area (Å²) in [5.74, 6) is 0.900. The number of hydrogen-bond acceptors (Lipinski definition) is 3. The fourth-order valence-electron chi connectivity index (χ4n) is 1.82. The second-order valence-corrected chi connectivity index (χ2v) is 5.98. The first-order chi connectivity index (χ1) is 7.65. The molecule has 0 bridgehead atoms. The van der Waals surface area contributed by atoms with Gasteiger partial charge in [0.15, 0.2) is 0 Å². The molecular weight excluding hydrogens is 240 g/mol. The molecule has 3 nitrogen and oxygen atoms in total.